The molecular weight excluding hydrogens is 188 g/mol. The second-order valence-corrected chi connectivity index (χ2v) is 3.10. The molecule has 15 heavy (non-hydrogen) atoms. The largest absolute Gasteiger partial charge is 0.497 e. The summed E-state index contributed by atoms with van der Waals surface area (Å²) in [5.74, 6) is 0.864. The summed E-state index contributed by atoms with van der Waals surface area (Å²) < 4.78 is 7.03. The molecule has 0 unspecified atom stereocenters. The molecule has 0 bridgehead atoms. The fourth-order valence-corrected chi connectivity index (χ4v) is 1.27. The summed E-state index contributed by atoms with van der Waals surface area (Å²) in [6.07, 6.45) is 9.33. The minimum atomic E-state index is 0.864. The Morgan fingerprint density at radius 1 is 1.40 bits per heavy atom. The maximum Gasteiger partial charge on any atom is 0.119 e. The van der Waals surface area contributed by atoms with Crippen molar-refractivity contribution in [3.63, 3.8) is 0 Å². The summed E-state index contributed by atoms with van der Waals surface area (Å²) in [6, 6.07) is 7.89. The lowest BCUT2D eigenvalue weighted by atomic mass is 10.2. The average Bonchev–Trinajstić information content (AvgIpc) is 2.79. The molecule has 0 atom stereocenters. The Bertz CT molecular complexity index is 446. The Morgan fingerprint density at radius 3 is 3.07 bits per heavy atom. The molecule has 0 aliphatic carbocycles. The van der Waals surface area contributed by atoms with Gasteiger partial charge in [0.25, 0.3) is 0 Å². The van der Waals surface area contributed by atoms with Gasteiger partial charge in [0.2, 0.25) is 0 Å². The lowest BCUT2D eigenvalue weighted by Gasteiger charge is -1.99. The van der Waals surface area contributed by atoms with Crippen molar-refractivity contribution >= 4 is 12.3 Å². The zero-order valence-electron chi connectivity index (χ0n) is 8.50. The van der Waals surface area contributed by atoms with Crippen LogP contribution in [0.5, 0.6) is 5.75 Å². The molecule has 2 aromatic rings. The summed E-state index contributed by atoms with van der Waals surface area (Å²) >= 11 is 0. The molecule has 0 aliphatic rings. The maximum absolute atomic E-state index is 5.14. The Balaban J connectivity index is 2.17. The van der Waals surface area contributed by atoms with E-state index in [1.807, 2.05) is 47.3 Å². The van der Waals surface area contributed by atoms with Crippen LogP contribution in [-0.4, -0.2) is 16.7 Å². The van der Waals surface area contributed by atoms with E-state index in [-0.39, 0.29) is 0 Å². The standard InChI is InChI=1S/C12H12N2O/c1-15-12-4-2-3-11(9-12)5-7-14-8-6-13-10-14/h2-10H,1H3/b7-5+. The first-order valence-electron chi connectivity index (χ1n) is 4.68. The quantitative estimate of drug-likeness (QED) is 0.761. The smallest absolute Gasteiger partial charge is 0.119 e. The average molecular weight is 200 g/mol. The second kappa shape index (κ2) is 4.46. The fourth-order valence-electron chi connectivity index (χ4n) is 1.27. The third-order valence-electron chi connectivity index (χ3n) is 2.06. The van der Waals surface area contributed by atoms with E-state index in [0.717, 1.165) is 11.3 Å². The summed E-state index contributed by atoms with van der Waals surface area (Å²) in [4.78, 5) is 3.96. The minimum Gasteiger partial charge on any atom is -0.497 e. The van der Waals surface area contributed by atoms with Crippen LogP contribution in [0.1, 0.15) is 5.56 Å². The van der Waals surface area contributed by atoms with Gasteiger partial charge in [0.05, 0.1) is 13.4 Å². The molecule has 0 radical (unpaired) electrons. The Kier molecular flexibility index (Phi) is 2.83. The molecule has 0 aliphatic heterocycles. The number of nitrogens with zero attached hydrogens (tertiary/aromatic N) is 2. The number of benzene rings is 1. The first kappa shape index (κ1) is 9.52. The SMILES string of the molecule is COc1cccc(/C=C/n2ccnc2)c1. The molecule has 0 N–H and O–H groups in total. The Labute approximate surface area is 88.6 Å². The molecule has 0 amide bonds. The van der Waals surface area contributed by atoms with E-state index in [4.69, 9.17) is 4.74 Å². The van der Waals surface area contributed by atoms with Gasteiger partial charge >= 0.3 is 0 Å². The Hall–Kier alpha value is -2.03. The molecule has 3 nitrogen and oxygen atoms in total. The summed E-state index contributed by atoms with van der Waals surface area (Å²) in [6.45, 7) is 0. The lowest BCUT2D eigenvalue weighted by Crippen LogP contribution is -1.83. The van der Waals surface area contributed by atoms with Crippen molar-refractivity contribution in [2.75, 3.05) is 7.11 Å². The van der Waals surface area contributed by atoms with Gasteiger partial charge in [-0.05, 0) is 23.8 Å². The zero-order valence-corrected chi connectivity index (χ0v) is 8.50. The molecule has 76 valence electrons. The lowest BCUT2D eigenvalue weighted by molar-refractivity contribution is 0.414. The van der Waals surface area contributed by atoms with Gasteiger partial charge in [-0.15, -0.1) is 0 Å². The minimum absolute atomic E-state index is 0.864. The molecule has 1 aromatic carbocycles. The van der Waals surface area contributed by atoms with Crippen LogP contribution >= 0.6 is 0 Å². The van der Waals surface area contributed by atoms with E-state index in [0.29, 0.717) is 0 Å². The maximum atomic E-state index is 5.14. The molecule has 0 saturated heterocycles. The van der Waals surface area contributed by atoms with Crippen LogP contribution in [-0.2, 0) is 0 Å². The van der Waals surface area contributed by atoms with Gasteiger partial charge in [-0.1, -0.05) is 12.1 Å². The van der Waals surface area contributed by atoms with Crippen molar-refractivity contribution in [2.45, 2.75) is 0 Å². The summed E-state index contributed by atoms with van der Waals surface area (Å²) in [7, 11) is 1.67. The first-order chi connectivity index (χ1) is 7.38. The van der Waals surface area contributed by atoms with Gasteiger partial charge in [-0.25, -0.2) is 4.98 Å². The van der Waals surface area contributed by atoms with Crippen molar-refractivity contribution in [1.82, 2.24) is 9.55 Å². The molecule has 1 aromatic heterocycles. The van der Waals surface area contributed by atoms with Gasteiger partial charge in [-0.3, -0.25) is 0 Å². The van der Waals surface area contributed by atoms with Crippen LogP contribution in [0.4, 0.5) is 0 Å². The highest BCUT2D eigenvalue weighted by Crippen LogP contribution is 2.13. The second-order valence-electron chi connectivity index (χ2n) is 3.10. The number of methoxy groups -OCH3 is 1. The van der Waals surface area contributed by atoms with Crippen LogP contribution in [0, 0.1) is 0 Å². The van der Waals surface area contributed by atoms with Gasteiger partial charge in [-0.2, -0.15) is 0 Å². The molecule has 0 fully saturated rings. The van der Waals surface area contributed by atoms with E-state index < -0.39 is 0 Å². The van der Waals surface area contributed by atoms with Crippen molar-refractivity contribution in [3.8, 4) is 5.75 Å². The zero-order chi connectivity index (χ0) is 10.5. The fraction of sp³-hybridized carbons (Fsp3) is 0.0833. The van der Waals surface area contributed by atoms with Crippen LogP contribution in [0.25, 0.3) is 12.3 Å². The number of hydrogen-bond acceptors (Lipinski definition) is 2. The number of ether oxygens (including phenoxy) is 1. The molecular formula is C12H12N2O. The number of hydrogen-bond donors (Lipinski definition) is 0. The number of imidazole rings is 1. The van der Waals surface area contributed by atoms with Gasteiger partial charge in [0.1, 0.15) is 5.75 Å². The van der Waals surface area contributed by atoms with Crippen LogP contribution in [0.15, 0.2) is 43.0 Å². The van der Waals surface area contributed by atoms with E-state index in [9.17, 15) is 0 Å². The molecule has 3 heteroatoms. The molecule has 0 saturated carbocycles. The third-order valence-corrected chi connectivity index (χ3v) is 2.06. The van der Waals surface area contributed by atoms with Gasteiger partial charge < -0.3 is 9.30 Å². The predicted octanol–water partition coefficient (Wildman–Crippen LogP) is 2.52. The van der Waals surface area contributed by atoms with E-state index in [2.05, 4.69) is 4.98 Å². The van der Waals surface area contributed by atoms with Crippen LogP contribution in [0.3, 0.4) is 0 Å². The van der Waals surface area contributed by atoms with Gasteiger partial charge in [0, 0.05) is 18.6 Å². The highest BCUT2D eigenvalue weighted by Gasteiger charge is 1.91. The monoisotopic (exact) mass is 200 g/mol. The normalized spacial score (nSPS) is 10.7. The van der Waals surface area contributed by atoms with Crippen molar-refractivity contribution in [3.05, 3.63) is 48.5 Å². The number of aromatic nitrogens is 2. The van der Waals surface area contributed by atoms with E-state index >= 15 is 0 Å². The predicted molar refractivity (Wildman–Crippen MR) is 60.4 cm³/mol. The highest BCUT2D eigenvalue weighted by molar-refractivity contribution is 5.61. The third kappa shape index (κ3) is 2.47. The van der Waals surface area contributed by atoms with Crippen LogP contribution in [0.2, 0.25) is 0 Å². The van der Waals surface area contributed by atoms with Crippen molar-refractivity contribution in [2.24, 2.45) is 0 Å². The summed E-state index contributed by atoms with van der Waals surface area (Å²) in [5, 5.41) is 0. The topological polar surface area (TPSA) is 27.1 Å². The van der Waals surface area contributed by atoms with Crippen molar-refractivity contribution in [1.29, 1.82) is 0 Å². The highest BCUT2D eigenvalue weighted by atomic mass is 16.5. The molecule has 2 rings (SSSR count). The first-order valence-corrected chi connectivity index (χ1v) is 4.68. The van der Waals surface area contributed by atoms with Crippen LogP contribution < -0.4 is 4.74 Å². The molecule has 1 heterocycles. The van der Waals surface area contributed by atoms with Crippen molar-refractivity contribution < 1.29 is 4.74 Å². The van der Waals surface area contributed by atoms with E-state index in [1.165, 1.54) is 0 Å². The van der Waals surface area contributed by atoms with Gasteiger partial charge in [0.15, 0.2) is 0 Å². The Morgan fingerprint density at radius 2 is 2.33 bits per heavy atom. The number of rotatable bonds is 3. The molecule has 0 spiro atoms. The summed E-state index contributed by atoms with van der Waals surface area (Å²) in [5.41, 5.74) is 1.10. The van der Waals surface area contributed by atoms with E-state index in [1.54, 1.807) is 19.6 Å².